The van der Waals surface area contributed by atoms with Crippen LogP contribution in [0.2, 0.25) is 0 Å². The summed E-state index contributed by atoms with van der Waals surface area (Å²) in [5, 5.41) is 159. The zero-order valence-corrected chi connectivity index (χ0v) is 32.6. The zero-order chi connectivity index (χ0) is 43.8. The van der Waals surface area contributed by atoms with Gasteiger partial charge in [-0.1, -0.05) is 0 Å². The molecule has 0 aromatic carbocycles. The van der Waals surface area contributed by atoms with Gasteiger partial charge in [0.2, 0.25) is 0 Å². The number of hydrogen-bond donors (Lipinski definition) is 15. The van der Waals surface area contributed by atoms with E-state index in [4.69, 9.17) is 47.4 Å². The summed E-state index contributed by atoms with van der Waals surface area (Å²) in [6, 6.07) is 0. The molecule has 0 aliphatic carbocycles. The fourth-order valence-corrected chi connectivity index (χ4v) is 7.37. The average molecular weight is 869 g/mol. The Morgan fingerprint density at radius 2 is 0.695 bits per heavy atom. The van der Waals surface area contributed by atoms with Crippen LogP contribution < -0.4 is 0 Å². The molecule has 5 fully saturated rings. The van der Waals surface area contributed by atoms with Gasteiger partial charge in [0.1, 0.15) is 116 Å². The molecule has 5 aliphatic heterocycles. The van der Waals surface area contributed by atoms with Crippen molar-refractivity contribution in [2.45, 2.75) is 187 Å². The van der Waals surface area contributed by atoms with E-state index >= 15 is 0 Å². The summed E-state index contributed by atoms with van der Waals surface area (Å²) < 4.78 is 56.6. The number of hydrogen-bond acceptors (Lipinski definition) is 25. The average Bonchev–Trinajstić information content (AvgIpc) is 3.19. The Hall–Kier alpha value is -1.00. The summed E-state index contributed by atoms with van der Waals surface area (Å²) in [4.78, 5) is 0. The molecule has 5 aliphatic rings. The van der Waals surface area contributed by atoms with Crippen molar-refractivity contribution >= 4 is 0 Å². The van der Waals surface area contributed by atoms with E-state index in [-0.39, 0.29) is 0 Å². The highest BCUT2D eigenvalue weighted by Gasteiger charge is 2.57. The lowest BCUT2D eigenvalue weighted by Gasteiger charge is -2.50. The molecule has 346 valence electrons. The first kappa shape index (κ1) is 49.0. The minimum absolute atomic E-state index is 0.725. The molecule has 25 heteroatoms. The summed E-state index contributed by atoms with van der Waals surface area (Å²) in [5.74, 6) is 0. The van der Waals surface area contributed by atoms with Crippen molar-refractivity contribution in [3.63, 3.8) is 0 Å². The molecule has 0 saturated carbocycles. The zero-order valence-electron chi connectivity index (χ0n) is 32.6. The van der Waals surface area contributed by atoms with Crippen molar-refractivity contribution in [1.29, 1.82) is 0 Å². The largest absolute Gasteiger partial charge is 0.394 e. The maximum absolute atomic E-state index is 11.5. The molecule has 15 unspecified atom stereocenters. The van der Waals surface area contributed by atoms with E-state index in [0.29, 0.717) is 0 Å². The van der Waals surface area contributed by atoms with E-state index in [9.17, 15) is 76.6 Å². The van der Waals surface area contributed by atoms with Gasteiger partial charge in [-0.15, -0.1) is 0 Å². The smallest absolute Gasteiger partial charge is 0.187 e. The molecule has 5 rings (SSSR count). The molecule has 5 heterocycles. The van der Waals surface area contributed by atoms with Gasteiger partial charge in [0.25, 0.3) is 0 Å². The van der Waals surface area contributed by atoms with Crippen molar-refractivity contribution < 1.29 is 124 Å². The van der Waals surface area contributed by atoms with Crippen LogP contribution in [0.25, 0.3) is 0 Å². The van der Waals surface area contributed by atoms with Crippen molar-refractivity contribution in [2.75, 3.05) is 26.4 Å². The van der Waals surface area contributed by atoms with Crippen LogP contribution in [0.4, 0.5) is 0 Å². The van der Waals surface area contributed by atoms with E-state index in [1.165, 1.54) is 6.92 Å². The molecular weight excluding hydrogens is 808 g/mol. The minimum Gasteiger partial charge on any atom is -0.394 e. The van der Waals surface area contributed by atoms with Crippen LogP contribution in [0.15, 0.2) is 0 Å². The van der Waals surface area contributed by atoms with Gasteiger partial charge in [-0.3, -0.25) is 0 Å². The second-order valence-electron chi connectivity index (χ2n) is 16.1. The Bertz CT molecular complexity index is 1290. The summed E-state index contributed by atoms with van der Waals surface area (Å²) >= 11 is 0. The lowest BCUT2D eigenvalue weighted by atomic mass is 9.95. The van der Waals surface area contributed by atoms with E-state index in [1.54, 1.807) is 20.8 Å². The van der Waals surface area contributed by atoms with Crippen molar-refractivity contribution in [1.82, 2.24) is 0 Å². The fourth-order valence-electron chi connectivity index (χ4n) is 7.37. The van der Waals surface area contributed by atoms with E-state index in [0.717, 1.165) is 0 Å². The number of ether oxygens (including phenoxy) is 10. The van der Waals surface area contributed by atoms with Crippen LogP contribution >= 0.6 is 0 Å². The Balaban J connectivity index is 1.36. The lowest BCUT2D eigenvalue weighted by Crippen LogP contribution is -2.68. The maximum Gasteiger partial charge on any atom is 0.187 e. The Morgan fingerprint density at radius 1 is 0.356 bits per heavy atom. The molecule has 0 aromatic rings. The molecule has 15 N–H and O–H groups in total. The van der Waals surface area contributed by atoms with Gasteiger partial charge >= 0.3 is 0 Å². The number of aliphatic hydroxyl groups is 15. The molecule has 25 nitrogen and oxygen atoms in total. The van der Waals surface area contributed by atoms with Crippen LogP contribution in [0.1, 0.15) is 27.7 Å². The fraction of sp³-hybridized carbons (Fsp3) is 1.00. The molecular formula is C34H60O25. The topological polar surface area (TPSA) is 396 Å². The van der Waals surface area contributed by atoms with Gasteiger partial charge < -0.3 is 124 Å². The van der Waals surface area contributed by atoms with Gasteiger partial charge in [0, 0.05) is 0 Å². The highest BCUT2D eigenvalue weighted by Crippen LogP contribution is 2.36. The molecule has 25 atom stereocenters. The highest BCUT2D eigenvalue weighted by molar-refractivity contribution is 4.99. The molecule has 0 spiro atoms. The number of rotatable bonds is 13. The summed E-state index contributed by atoms with van der Waals surface area (Å²) in [6.45, 7) is 2.88. The first-order valence-electron chi connectivity index (χ1n) is 19.2. The van der Waals surface area contributed by atoms with E-state index in [2.05, 4.69) is 0 Å². The van der Waals surface area contributed by atoms with Gasteiger partial charge in [0.15, 0.2) is 31.5 Å². The SMILES string of the molecule is CC1O[C@@H](OC2C(O)[C@H](OC(C)(C)C)OC(CO)[C@H]2O)C(O)C(O[C@@H]2OC(CO)[C@@H](O)C(O[C@@H]3OC(CO)[C@@H](O)C(O)C3O[C@H]3OC(CO)[C@@H](O)C(O)C3O)C2O)[C@H]1O. The summed E-state index contributed by atoms with van der Waals surface area (Å²) in [6.07, 6.45) is -44.4. The molecule has 0 radical (unpaired) electrons. The van der Waals surface area contributed by atoms with Crippen molar-refractivity contribution in [3.8, 4) is 0 Å². The predicted octanol–water partition coefficient (Wildman–Crippen LogP) is -9.07. The van der Waals surface area contributed by atoms with Gasteiger partial charge in [-0.05, 0) is 27.7 Å². The normalized spacial score (nSPS) is 51.4. The van der Waals surface area contributed by atoms with Crippen molar-refractivity contribution in [3.05, 3.63) is 0 Å². The second kappa shape index (κ2) is 20.2. The van der Waals surface area contributed by atoms with Crippen molar-refractivity contribution in [2.24, 2.45) is 0 Å². The Morgan fingerprint density at radius 3 is 1.17 bits per heavy atom. The van der Waals surface area contributed by atoms with Gasteiger partial charge in [0.05, 0.1) is 38.1 Å². The van der Waals surface area contributed by atoms with Crippen LogP contribution in [-0.4, -0.2) is 262 Å². The van der Waals surface area contributed by atoms with Gasteiger partial charge in [-0.2, -0.15) is 0 Å². The molecule has 0 amide bonds. The lowest BCUT2D eigenvalue weighted by molar-refractivity contribution is -0.399. The molecule has 5 saturated heterocycles. The third-order valence-corrected chi connectivity index (χ3v) is 10.7. The monoisotopic (exact) mass is 868 g/mol. The third kappa shape index (κ3) is 10.5. The first-order chi connectivity index (χ1) is 27.7. The van der Waals surface area contributed by atoms with Gasteiger partial charge in [-0.25, -0.2) is 0 Å². The molecule has 0 aromatic heterocycles. The quantitative estimate of drug-likeness (QED) is 0.0817. The summed E-state index contributed by atoms with van der Waals surface area (Å²) in [7, 11) is 0. The highest BCUT2D eigenvalue weighted by atomic mass is 16.8. The van der Waals surface area contributed by atoms with Crippen LogP contribution in [0.3, 0.4) is 0 Å². The standard InChI is InChI=1S/C34H60O25/c1-9-14(39)25(22(47)30(50-9)56-27-18(43)13(8-38)53-32(24(27)49)59-34(2,3)4)55-31-23(48)26(17(42)12(7-37)52-31)57-33-28(20(45)16(41)11(6-36)54-33)58-29-21(46)19(44)15(40)10(5-35)51-29/h9-33,35-49H,5-8H2,1-4H3/t9?,10?,11?,12?,13?,14-,15+,16+,17+,18+,19?,20?,21?,22?,23?,24?,25?,26?,27?,28?,29+,30-,31-,32-,33-/m0/s1. The predicted molar refractivity (Wildman–Crippen MR) is 184 cm³/mol. The maximum atomic E-state index is 11.5. The number of aliphatic hydroxyl groups excluding tert-OH is 15. The van der Waals surface area contributed by atoms with E-state index in [1.807, 2.05) is 0 Å². The molecule has 59 heavy (non-hydrogen) atoms. The second-order valence-corrected chi connectivity index (χ2v) is 16.1. The first-order valence-corrected chi connectivity index (χ1v) is 19.2. The van der Waals surface area contributed by atoms with E-state index < -0.39 is 186 Å². The van der Waals surface area contributed by atoms with Crippen LogP contribution in [-0.2, 0) is 47.4 Å². The Labute approximate surface area is 337 Å². The third-order valence-electron chi connectivity index (χ3n) is 10.7. The minimum atomic E-state index is -2.13. The van der Waals surface area contributed by atoms with Crippen LogP contribution in [0, 0.1) is 0 Å². The Kier molecular flexibility index (Phi) is 16.8. The molecule has 0 bridgehead atoms. The van der Waals surface area contributed by atoms with Crippen LogP contribution in [0.5, 0.6) is 0 Å². The summed E-state index contributed by atoms with van der Waals surface area (Å²) in [5.41, 5.74) is -0.873.